The van der Waals surface area contributed by atoms with Gasteiger partial charge in [0.25, 0.3) is 0 Å². The number of anilines is 1. The second-order valence-corrected chi connectivity index (χ2v) is 5.13. The molecule has 3 rings (SSSR count). The molecule has 22 heavy (non-hydrogen) atoms. The normalized spacial score (nSPS) is 14.5. The Bertz CT molecular complexity index is 549. The van der Waals surface area contributed by atoms with Crippen molar-refractivity contribution in [3.05, 3.63) is 36.5 Å². The van der Waals surface area contributed by atoms with Crippen LogP contribution in [0.2, 0.25) is 0 Å². The molecule has 0 atom stereocenters. The van der Waals surface area contributed by atoms with Crippen LogP contribution in [-0.2, 0) is 4.74 Å². The highest BCUT2D eigenvalue weighted by Gasteiger charge is 2.13. The number of nitrogens with zero attached hydrogens (tertiary/aromatic N) is 2. The third kappa shape index (κ3) is 4.64. The minimum absolute atomic E-state index is 0.270. The van der Waals surface area contributed by atoms with Gasteiger partial charge in [-0.05, 0) is 17.9 Å². The van der Waals surface area contributed by atoms with Crippen molar-refractivity contribution in [3.63, 3.8) is 0 Å². The molecule has 5 heteroatoms. The fourth-order valence-corrected chi connectivity index (χ4v) is 2.43. The van der Waals surface area contributed by atoms with E-state index in [0.717, 1.165) is 32.0 Å². The first-order valence-electron chi connectivity index (χ1n) is 7.71. The summed E-state index contributed by atoms with van der Waals surface area (Å²) in [6, 6.07) is 10.5. The van der Waals surface area contributed by atoms with Crippen LogP contribution < -0.4 is 10.2 Å². The van der Waals surface area contributed by atoms with Crippen molar-refractivity contribution in [2.75, 3.05) is 51.5 Å². The number of ether oxygens (including phenoxy) is 1. The first-order valence-corrected chi connectivity index (χ1v) is 7.71. The van der Waals surface area contributed by atoms with Crippen LogP contribution in [0.1, 0.15) is 6.42 Å². The highest BCUT2D eigenvalue weighted by molar-refractivity contribution is 5.92. The number of alkyl halides is 1. The van der Waals surface area contributed by atoms with Crippen LogP contribution in [0.4, 0.5) is 10.2 Å². The lowest BCUT2D eigenvalue weighted by atomic mass is 10.1. The molecule has 4 nitrogen and oxygen atoms in total. The summed E-state index contributed by atoms with van der Waals surface area (Å²) in [5, 5.41) is 5.89. The minimum Gasteiger partial charge on any atom is -0.385 e. The Morgan fingerprint density at radius 1 is 1.23 bits per heavy atom. The topological polar surface area (TPSA) is 37.4 Å². The Kier molecular flexibility index (Phi) is 7.06. The Morgan fingerprint density at radius 2 is 2.00 bits per heavy atom. The van der Waals surface area contributed by atoms with Crippen LogP contribution >= 0.6 is 0 Å². The third-order valence-corrected chi connectivity index (χ3v) is 3.55. The Balaban J connectivity index is 0.000000254. The van der Waals surface area contributed by atoms with Crippen molar-refractivity contribution in [1.82, 2.24) is 10.3 Å². The van der Waals surface area contributed by atoms with Crippen molar-refractivity contribution >= 4 is 16.6 Å². The Morgan fingerprint density at radius 3 is 2.68 bits per heavy atom. The van der Waals surface area contributed by atoms with E-state index in [-0.39, 0.29) is 6.67 Å². The first-order chi connectivity index (χ1) is 10.9. The molecule has 1 N–H and O–H groups in total. The van der Waals surface area contributed by atoms with Gasteiger partial charge in [-0.1, -0.05) is 24.3 Å². The minimum atomic E-state index is -0.270. The maximum atomic E-state index is 11.1. The van der Waals surface area contributed by atoms with Gasteiger partial charge in [-0.15, -0.1) is 0 Å². The lowest BCUT2D eigenvalue weighted by Crippen LogP contribution is -2.43. The number of hydrogen-bond acceptors (Lipinski definition) is 4. The molecule has 0 amide bonds. The molecule has 0 aliphatic carbocycles. The van der Waals surface area contributed by atoms with Crippen LogP contribution in [0.5, 0.6) is 0 Å². The van der Waals surface area contributed by atoms with E-state index in [1.807, 2.05) is 6.20 Å². The van der Waals surface area contributed by atoms with E-state index in [2.05, 4.69) is 50.3 Å². The third-order valence-electron chi connectivity index (χ3n) is 3.55. The van der Waals surface area contributed by atoms with Crippen molar-refractivity contribution in [1.29, 1.82) is 0 Å². The molecule has 0 spiro atoms. The fourth-order valence-electron chi connectivity index (χ4n) is 2.43. The van der Waals surface area contributed by atoms with Gasteiger partial charge in [0.1, 0.15) is 5.82 Å². The lowest BCUT2D eigenvalue weighted by Gasteiger charge is -2.29. The smallest absolute Gasteiger partial charge is 0.136 e. The van der Waals surface area contributed by atoms with Gasteiger partial charge in [0.05, 0.1) is 6.67 Å². The zero-order valence-corrected chi connectivity index (χ0v) is 13.1. The van der Waals surface area contributed by atoms with E-state index in [4.69, 9.17) is 0 Å². The molecular formula is C17H24FN3O. The average molecular weight is 305 g/mol. The first kappa shape index (κ1) is 16.6. The largest absolute Gasteiger partial charge is 0.385 e. The number of hydrogen-bond donors (Lipinski definition) is 1. The molecule has 1 fully saturated rings. The summed E-state index contributed by atoms with van der Waals surface area (Å²) in [5.74, 6) is 1.12. The monoisotopic (exact) mass is 305 g/mol. The van der Waals surface area contributed by atoms with Gasteiger partial charge in [0.2, 0.25) is 0 Å². The number of rotatable bonds is 4. The zero-order chi connectivity index (χ0) is 15.6. The zero-order valence-electron chi connectivity index (χ0n) is 13.1. The summed E-state index contributed by atoms with van der Waals surface area (Å²) in [6.07, 6.45) is 2.43. The number of piperazine rings is 1. The van der Waals surface area contributed by atoms with Gasteiger partial charge in [0, 0.05) is 51.5 Å². The van der Waals surface area contributed by atoms with Crippen LogP contribution in [-0.4, -0.2) is 51.6 Å². The Labute approximate surface area is 131 Å². The van der Waals surface area contributed by atoms with Gasteiger partial charge in [0.15, 0.2) is 0 Å². The van der Waals surface area contributed by atoms with E-state index >= 15 is 0 Å². The number of benzene rings is 1. The summed E-state index contributed by atoms with van der Waals surface area (Å²) < 4.78 is 15.6. The van der Waals surface area contributed by atoms with Crippen LogP contribution in [0.15, 0.2) is 36.5 Å². The van der Waals surface area contributed by atoms with Gasteiger partial charge in [-0.3, -0.25) is 4.39 Å². The van der Waals surface area contributed by atoms with Gasteiger partial charge >= 0.3 is 0 Å². The molecule has 1 aliphatic heterocycles. The highest BCUT2D eigenvalue weighted by atomic mass is 19.1. The summed E-state index contributed by atoms with van der Waals surface area (Å²) in [7, 11) is 1.57. The number of nitrogens with one attached hydrogen (secondary N) is 1. The average Bonchev–Trinajstić information content (AvgIpc) is 2.61. The van der Waals surface area contributed by atoms with E-state index < -0.39 is 0 Å². The van der Waals surface area contributed by atoms with Gasteiger partial charge in [-0.2, -0.15) is 0 Å². The molecule has 1 saturated heterocycles. The molecule has 120 valence electrons. The lowest BCUT2D eigenvalue weighted by molar-refractivity contribution is 0.186. The number of halogens is 1. The van der Waals surface area contributed by atoms with Gasteiger partial charge < -0.3 is 15.0 Å². The predicted octanol–water partition coefficient (Wildman–Crippen LogP) is 2.64. The highest BCUT2D eigenvalue weighted by Crippen LogP contribution is 2.23. The van der Waals surface area contributed by atoms with E-state index in [9.17, 15) is 4.39 Å². The molecule has 0 radical (unpaired) electrons. The molecule has 0 bridgehead atoms. The van der Waals surface area contributed by atoms with Crippen LogP contribution in [0, 0.1) is 0 Å². The van der Waals surface area contributed by atoms with Crippen LogP contribution in [0.3, 0.4) is 0 Å². The van der Waals surface area contributed by atoms with E-state index in [1.54, 1.807) is 7.11 Å². The van der Waals surface area contributed by atoms with Crippen molar-refractivity contribution < 1.29 is 9.13 Å². The van der Waals surface area contributed by atoms with Crippen LogP contribution in [0.25, 0.3) is 10.8 Å². The summed E-state index contributed by atoms with van der Waals surface area (Å²) in [5.41, 5.74) is 0. The Hall–Kier alpha value is -1.72. The molecule has 1 aromatic heterocycles. The summed E-state index contributed by atoms with van der Waals surface area (Å²) in [4.78, 5) is 6.89. The van der Waals surface area contributed by atoms with E-state index in [1.165, 1.54) is 10.8 Å². The fraction of sp³-hybridized carbons (Fsp3) is 0.471. The maximum Gasteiger partial charge on any atom is 0.136 e. The standard InChI is InChI=1S/C13H15N3.C4H9FO/c1-2-4-12-11(3-1)5-6-15-13(12)16-9-7-14-8-10-16;1-6-4-2-3-5/h1-6,14H,7-10H2;2-4H2,1H3. The van der Waals surface area contributed by atoms with Crippen molar-refractivity contribution in [3.8, 4) is 0 Å². The molecule has 0 unspecified atom stereocenters. The summed E-state index contributed by atoms with van der Waals surface area (Å²) in [6.45, 7) is 4.45. The number of pyridine rings is 1. The second kappa shape index (κ2) is 9.33. The number of aromatic nitrogens is 1. The predicted molar refractivity (Wildman–Crippen MR) is 89.3 cm³/mol. The molecule has 2 aromatic rings. The number of fused-ring (bicyclic) bond motifs is 1. The van der Waals surface area contributed by atoms with E-state index in [0.29, 0.717) is 13.0 Å². The second-order valence-electron chi connectivity index (χ2n) is 5.13. The summed E-state index contributed by atoms with van der Waals surface area (Å²) >= 11 is 0. The molecule has 1 aromatic carbocycles. The van der Waals surface area contributed by atoms with Crippen molar-refractivity contribution in [2.45, 2.75) is 6.42 Å². The van der Waals surface area contributed by atoms with Gasteiger partial charge in [-0.25, -0.2) is 4.98 Å². The quantitative estimate of drug-likeness (QED) is 0.881. The number of methoxy groups -OCH3 is 1. The van der Waals surface area contributed by atoms with Crippen molar-refractivity contribution in [2.24, 2.45) is 0 Å². The molecular weight excluding hydrogens is 281 g/mol. The molecule has 0 saturated carbocycles. The molecule has 1 aliphatic rings. The maximum absolute atomic E-state index is 11.1. The SMILES string of the molecule is COCCCF.c1ccc2c(N3CCNCC3)nccc2c1. The molecule has 2 heterocycles.